The molecule has 1 aliphatic rings. The molecule has 0 saturated carbocycles. The van der Waals surface area contributed by atoms with E-state index in [-0.39, 0.29) is 16.9 Å². The van der Waals surface area contributed by atoms with Crippen molar-refractivity contribution in [1.29, 1.82) is 0 Å². The van der Waals surface area contributed by atoms with Crippen molar-refractivity contribution < 1.29 is 37.3 Å². The van der Waals surface area contributed by atoms with E-state index in [1.807, 2.05) is 0 Å². The van der Waals surface area contributed by atoms with Gasteiger partial charge in [0.05, 0.1) is 19.8 Å². The van der Waals surface area contributed by atoms with Gasteiger partial charge in [-0.2, -0.15) is 13.2 Å². The highest BCUT2D eigenvalue weighted by molar-refractivity contribution is 6.00. The quantitative estimate of drug-likeness (QED) is 0.602. The first-order chi connectivity index (χ1) is 14.6. The highest BCUT2D eigenvalue weighted by Gasteiger charge is 2.66. The summed E-state index contributed by atoms with van der Waals surface area (Å²) in [6.07, 6.45) is -5.33. The zero-order valence-electron chi connectivity index (χ0n) is 16.7. The Morgan fingerprint density at radius 2 is 1.84 bits per heavy atom. The molecule has 10 heteroatoms. The number of amides is 2. The van der Waals surface area contributed by atoms with E-state index in [9.17, 15) is 27.9 Å². The first-order valence-corrected chi connectivity index (χ1v) is 9.40. The number of hydrogen-bond donors (Lipinski definition) is 3. The fourth-order valence-electron chi connectivity index (χ4n) is 3.55. The molecule has 2 aromatic carbocycles. The summed E-state index contributed by atoms with van der Waals surface area (Å²) in [6, 6.07) is 8.72. The van der Waals surface area contributed by atoms with Crippen molar-refractivity contribution in [3.8, 4) is 11.5 Å². The lowest BCUT2D eigenvalue weighted by Crippen LogP contribution is -2.72. The number of rotatable bonds is 6. The van der Waals surface area contributed by atoms with Gasteiger partial charge < -0.3 is 25.2 Å². The average molecular weight is 438 g/mol. The van der Waals surface area contributed by atoms with Gasteiger partial charge in [-0.25, -0.2) is 4.79 Å². The molecule has 1 aliphatic heterocycles. The molecule has 3 rings (SSSR count). The van der Waals surface area contributed by atoms with Crippen molar-refractivity contribution in [3.63, 3.8) is 0 Å². The molecule has 0 unspecified atom stereocenters. The summed E-state index contributed by atoms with van der Waals surface area (Å²) >= 11 is 0. The molecule has 1 heterocycles. The van der Waals surface area contributed by atoms with Gasteiger partial charge in [-0.3, -0.25) is 4.79 Å². The van der Waals surface area contributed by atoms with Gasteiger partial charge in [0.15, 0.2) is 17.3 Å². The lowest BCUT2D eigenvalue weighted by Gasteiger charge is -2.45. The van der Waals surface area contributed by atoms with E-state index in [1.165, 1.54) is 54.9 Å². The number of urea groups is 1. The lowest BCUT2D eigenvalue weighted by atomic mass is 9.77. The van der Waals surface area contributed by atoms with E-state index >= 15 is 0 Å². The molecule has 0 radical (unpaired) electrons. The summed E-state index contributed by atoms with van der Waals surface area (Å²) in [5, 5.41) is 14.4. The molecule has 166 valence electrons. The van der Waals surface area contributed by atoms with Crippen LogP contribution >= 0.6 is 0 Å². The van der Waals surface area contributed by atoms with Crippen LogP contribution in [0.2, 0.25) is 0 Å². The number of carbonyl (C=O) groups excluding carboxylic acids is 2. The van der Waals surface area contributed by atoms with Crippen LogP contribution in [0, 0.1) is 5.92 Å². The van der Waals surface area contributed by atoms with Crippen molar-refractivity contribution in [2.45, 2.75) is 24.9 Å². The van der Waals surface area contributed by atoms with Gasteiger partial charge in [-0.15, -0.1) is 0 Å². The summed E-state index contributed by atoms with van der Waals surface area (Å²) in [5.74, 6) is -2.57. The third kappa shape index (κ3) is 4.15. The fraction of sp³-hybridized carbons (Fsp3) is 0.333. The van der Waals surface area contributed by atoms with Crippen molar-refractivity contribution in [1.82, 2.24) is 10.6 Å². The van der Waals surface area contributed by atoms with Crippen molar-refractivity contribution in [2.75, 3.05) is 13.7 Å². The molecular weight excluding hydrogens is 417 g/mol. The molecule has 0 aromatic heterocycles. The predicted molar refractivity (Wildman–Crippen MR) is 104 cm³/mol. The Bertz CT molecular complexity index is 967. The SMILES string of the molecule is CCOc1ccc([C@@H]2NC(=O)N[C@](O)(C(F)(F)F)[C@@H]2C(=O)c2ccccc2)cc1OC. The maximum absolute atomic E-state index is 13.9. The first-order valence-electron chi connectivity index (χ1n) is 9.40. The smallest absolute Gasteiger partial charge is 0.437 e. The monoisotopic (exact) mass is 438 g/mol. The Hall–Kier alpha value is -3.27. The number of alkyl halides is 3. The van der Waals surface area contributed by atoms with E-state index < -0.39 is 35.7 Å². The van der Waals surface area contributed by atoms with Crippen LogP contribution in [-0.2, 0) is 0 Å². The first kappa shape index (κ1) is 22.4. The average Bonchev–Trinajstić information content (AvgIpc) is 2.73. The summed E-state index contributed by atoms with van der Waals surface area (Å²) in [4.78, 5) is 25.3. The Morgan fingerprint density at radius 3 is 2.42 bits per heavy atom. The largest absolute Gasteiger partial charge is 0.493 e. The second-order valence-corrected chi connectivity index (χ2v) is 6.89. The van der Waals surface area contributed by atoms with Crippen LogP contribution in [0.4, 0.5) is 18.0 Å². The number of ketones is 1. The molecular formula is C21H21F3N2O5. The number of carbonyl (C=O) groups is 2. The normalized spacial score (nSPS) is 23.5. The highest BCUT2D eigenvalue weighted by Crippen LogP contribution is 2.45. The molecule has 0 spiro atoms. The van der Waals surface area contributed by atoms with Crippen LogP contribution in [0.15, 0.2) is 48.5 Å². The van der Waals surface area contributed by atoms with Gasteiger partial charge in [-0.1, -0.05) is 36.4 Å². The third-order valence-electron chi connectivity index (χ3n) is 4.99. The molecule has 0 aliphatic carbocycles. The van der Waals surface area contributed by atoms with E-state index in [0.29, 0.717) is 12.4 Å². The maximum atomic E-state index is 13.9. The number of ether oxygens (including phenoxy) is 2. The van der Waals surface area contributed by atoms with Crippen molar-refractivity contribution in [3.05, 3.63) is 59.7 Å². The van der Waals surface area contributed by atoms with Crippen molar-refractivity contribution in [2.24, 2.45) is 5.92 Å². The molecule has 3 N–H and O–H groups in total. The molecule has 1 saturated heterocycles. The van der Waals surface area contributed by atoms with Crippen molar-refractivity contribution >= 4 is 11.8 Å². The van der Waals surface area contributed by atoms with E-state index in [1.54, 1.807) is 13.0 Å². The van der Waals surface area contributed by atoms with Gasteiger partial charge >= 0.3 is 12.2 Å². The second-order valence-electron chi connectivity index (χ2n) is 6.89. The Morgan fingerprint density at radius 1 is 1.16 bits per heavy atom. The fourth-order valence-corrected chi connectivity index (χ4v) is 3.55. The number of halogens is 3. The number of nitrogens with one attached hydrogen (secondary N) is 2. The zero-order valence-corrected chi connectivity index (χ0v) is 16.7. The number of methoxy groups -OCH3 is 1. The molecule has 7 nitrogen and oxygen atoms in total. The summed E-state index contributed by atoms with van der Waals surface area (Å²) in [5.41, 5.74) is -3.71. The summed E-state index contributed by atoms with van der Waals surface area (Å²) in [7, 11) is 1.35. The van der Waals surface area contributed by atoms with Crippen LogP contribution in [0.25, 0.3) is 0 Å². The predicted octanol–water partition coefficient (Wildman–Crippen LogP) is 3.20. The topological polar surface area (TPSA) is 96.9 Å². The molecule has 0 bridgehead atoms. The van der Waals surface area contributed by atoms with Gasteiger partial charge in [0.25, 0.3) is 0 Å². The van der Waals surface area contributed by atoms with E-state index in [4.69, 9.17) is 9.47 Å². The summed E-state index contributed by atoms with van der Waals surface area (Å²) in [6.45, 7) is 2.07. The third-order valence-corrected chi connectivity index (χ3v) is 4.99. The molecule has 3 atom stereocenters. The molecule has 31 heavy (non-hydrogen) atoms. The molecule has 2 amide bonds. The van der Waals surface area contributed by atoms with Crippen LogP contribution in [0.3, 0.4) is 0 Å². The minimum absolute atomic E-state index is 0.0453. The van der Waals surface area contributed by atoms with Crippen LogP contribution in [-0.4, -0.2) is 42.5 Å². The number of aliphatic hydroxyl groups is 1. The van der Waals surface area contributed by atoms with Crippen LogP contribution in [0.5, 0.6) is 11.5 Å². The van der Waals surface area contributed by atoms with Gasteiger partial charge in [0.2, 0.25) is 5.72 Å². The molecule has 1 fully saturated rings. The van der Waals surface area contributed by atoms with Gasteiger partial charge in [0, 0.05) is 5.56 Å². The number of benzene rings is 2. The van der Waals surface area contributed by atoms with E-state index in [0.717, 1.165) is 0 Å². The number of Topliss-reactive ketones (excluding diaryl/α,β-unsaturated/α-hetero) is 1. The highest BCUT2D eigenvalue weighted by atomic mass is 19.4. The summed E-state index contributed by atoms with van der Waals surface area (Å²) < 4.78 is 52.4. The standard InChI is InChI=1S/C21H21F3N2O5/c1-3-31-14-10-9-13(11-15(14)30-2)17-16(18(27)12-7-5-4-6-8-12)20(29,21(22,23)24)26-19(28)25-17/h4-11,16-17,29H,3H2,1-2H3,(H2,25,26,28)/t16-,17-,20+/m0/s1. The zero-order chi connectivity index (χ0) is 22.8. The second kappa shape index (κ2) is 8.46. The number of hydrogen-bond acceptors (Lipinski definition) is 5. The Balaban J connectivity index is 2.16. The lowest BCUT2D eigenvalue weighted by molar-refractivity contribution is -0.287. The maximum Gasteiger partial charge on any atom is 0.437 e. The van der Waals surface area contributed by atoms with Gasteiger partial charge in [-0.05, 0) is 24.6 Å². The van der Waals surface area contributed by atoms with Crippen LogP contribution < -0.4 is 20.1 Å². The van der Waals surface area contributed by atoms with E-state index in [2.05, 4.69) is 5.32 Å². The van der Waals surface area contributed by atoms with Gasteiger partial charge in [0.1, 0.15) is 5.92 Å². The molecule has 2 aromatic rings. The Labute approximate surface area is 176 Å². The minimum Gasteiger partial charge on any atom is -0.493 e. The Kier molecular flexibility index (Phi) is 6.12. The minimum atomic E-state index is -5.33. The van der Waals surface area contributed by atoms with Crippen LogP contribution in [0.1, 0.15) is 28.9 Å².